The van der Waals surface area contributed by atoms with Crippen LogP contribution >= 0.6 is 0 Å². The molecule has 1 aliphatic heterocycles. The molecule has 29 heavy (non-hydrogen) atoms. The number of piperazine rings is 1. The smallest absolute Gasteiger partial charge is 0.263 e. The van der Waals surface area contributed by atoms with Crippen LogP contribution in [0.2, 0.25) is 0 Å². The van der Waals surface area contributed by atoms with Gasteiger partial charge in [0.05, 0.1) is 0 Å². The molecular formula is C24H28N2O3. The van der Waals surface area contributed by atoms with Gasteiger partial charge in [0.25, 0.3) is 5.91 Å². The number of hydrogen-bond acceptors (Lipinski definition) is 3. The van der Waals surface area contributed by atoms with E-state index in [2.05, 4.69) is 12.1 Å². The standard InChI is InChI=1S/C24H28N2O3/c1-18(29-22-12-10-20(11-13-22)19-6-3-2-4-7-19)23(27)25-14-16-26(17-15-25)24(28)21-8-5-9-21/h2-4,6-7,10-13,18,21H,5,8-9,14-17H2,1H3. The zero-order valence-electron chi connectivity index (χ0n) is 16.9. The van der Waals surface area contributed by atoms with Crippen LogP contribution in [0.15, 0.2) is 54.6 Å². The third kappa shape index (κ3) is 4.44. The van der Waals surface area contributed by atoms with E-state index in [1.807, 2.05) is 52.3 Å². The van der Waals surface area contributed by atoms with E-state index >= 15 is 0 Å². The fraction of sp³-hybridized carbons (Fsp3) is 0.417. The molecule has 0 radical (unpaired) electrons. The third-order valence-electron chi connectivity index (χ3n) is 5.98. The van der Waals surface area contributed by atoms with Crippen LogP contribution < -0.4 is 4.74 Å². The van der Waals surface area contributed by atoms with Crippen LogP contribution in [0.1, 0.15) is 26.2 Å². The van der Waals surface area contributed by atoms with Crippen molar-refractivity contribution < 1.29 is 14.3 Å². The minimum absolute atomic E-state index is 0.0205. The maximum absolute atomic E-state index is 12.8. The first-order valence-corrected chi connectivity index (χ1v) is 10.5. The molecule has 2 aliphatic rings. The Kier molecular flexibility index (Phi) is 5.84. The van der Waals surface area contributed by atoms with Gasteiger partial charge in [0.15, 0.2) is 6.10 Å². The Morgan fingerprint density at radius 2 is 1.45 bits per heavy atom. The van der Waals surface area contributed by atoms with E-state index in [0.717, 1.165) is 30.4 Å². The van der Waals surface area contributed by atoms with Gasteiger partial charge in [0.1, 0.15) is 5.75 Å². The Morgan fingerprint density at radius 3 is 2.03 bits per heavy atom. The number of hydrogen-bond donors (Lipinski definition) is 0. The highest BCUT2D eigenvalue weighted by molar-refractivity contribution is 5.82. The van der Waals surface area contributed by atoms with E-state index in [0.29, 0.717) is 31.9 Å². The van der Waals surface area contributed by atoms with Crippen LogP contribution in [-0.2, 0) is 9.59 Å². The molecule has 4 rings (SSSR count). The highest BCUT2D eigenvalue weighted by Gasteiger charge is 2.33. The van der Waals surface area contributed by atoms with Crippen LogP contribution in [0.5, 0.6) is 5.75 Å². The second kappa shape index (κ2) is 8.68. The van der Waals surface area contributed by atoms with Crippen molar-refractivity contribution in [2.24, 2.45) is 5.92 Å². The fourth-order valence-electron chi connectivity index (χ4n) is 3.93. The summed E-state index contributed by atoms with van der Waals surface area (Å²) in [4.78, 5) is 28.9. The van der Waals surface area contributed by atoms with Gasteiger partial charge in [-0.05, 0) is 43.0 Å². The lowest BCUT2D eigenvalue weighted by Gasteiger charge is -2.38. The van der Waals surface area contributed by atoms with Gasteiger partial charge < -0.3 is 14.5 Å². The van der Waals surface area contributed by atoms with Gasteiger partial charge in [-0.25, -0.2) is 0 Å². The minimum atomic E-state index is -0.550. The molecule has 0 bridgehead atoms. The highest BCUT2D eigenvalue weighted by atomic mass is 16.5. The lowest BCUT2D eigenvalue weighted by Crippen LogP contribution is -2.54. The third-order valence-corrected chi connectivity index (χ3v) is 5.98. The van der Waals surface area contributed by atoms with E-state index < -0.39 is 6.10 Å². The molecule has 0 spiro atoms. The maximum atomic E-state index is 12.8. The van der Waals surface area contributed by atoms with Crippen molar-refractivity contribution >= 4 is 11.8 Å². The van der Waals surface area contributed by atoms with Crippen LogP contribution in [-0.4, -0.2) is 53.9 Å². The first kappa shape index (κ1) is 19.5. The molecule has 1 atom stereocenters. The first-order chi connectivity index (χ1) is 14.1. The maximum Gasteiger partial charge on any atom is 0.263 e. The van der Waals surface area contributed by atoms with Crippen molar-refractivity contribution in [3.8, 4) is 16.9 Å². The van der Waals surface area contributed by atoms with Crippen molar-refractivity contribution in [1.82, 2.24) is 9.80 Å². The number of ether oxygens (including phenoxy) is 1. The SMILES string of the molecule is CC(Oc1ccc(-c2ccccc2)cc1)C(=O)N1CCN(C(=O)C2CCC2)CC1. The van der Waals surface area contributed by atoms with Gasteiger partial charge in [0.2, 0.25) is 5.91 Å². The van der Waals surface area contributed by atoms with Crippen LogP contribution in [0.4, 0.5) is 0 Å². The molecule has 2 aromatic rings. The Morgan fingerprint density at radius 1 is 0.862 bits per heavy atom. The summed E-state index contributed by atoms with van der Waals surface area (Å²) in [5, 5.41) is 0. The van der Waals surface area contributed by atoms with Crippen molar-refractivity contribution in [3.63, 3.8) is 0 Å². The number of carbonyl (C=O) groups excluding carboxylic acids is 2. The lowest BCUT2D eigenvalue weighted by atomic mass is 9.84. The van der Waals surface area contributed by atoms with E-state index in [1.165, 1.54) is 0 Å². The lowest BCUT2D eigenvalue weighted by molar-refractivity contribution is -0.146. The summed E-state index contributed by atoms with van der Waals surface area (Å²) in [5.74, 6) is 1.15. The van der Waals surface area contributed by atoms with Crippen LogP contribution in [0.25, 0.3) is 11.1 Å². The second-order valence-corrected chi connectivity index (χ2v) is 7.93. The molecule has 1 aliphatic carbocycles. The van der Waals surface area contributed by atoms with Gasteiger partial charge >= 0.3 is 0 Å². The molecule has 1 saturated heterocycles. The van der Waals surface area contributed by atoms with Gasteiger partial charge in [-0.2, -0.15) is 0 Å². The molecular weight excluding hydrogens is 364 g/mol. The molecule has 1 heterocycles. The molecule has 2 amide bonds. The molecule has 2 fully saturated rings. The Balaban J connectivity index is 1.29. The van der Waals surface area contributed by atoms with Crippen LogP contribution in [0.3, 0.4) is 0 Å². The molecule has 152 valence electrons. The average molecular weight is 392 g/mol. The molecule has 0 aromatic heterocycles. The van der Waals surface area contributed by atoms with E-state index in [1.54, 1.807) is 6.92 Å². The topological polar surface area (TPSA) is 49.9 Å². The number of nitrogens with zero attached hydrogens (tertiary/aromatic N) is 2. The Bertz CT molecular complexity index is 838. The summed E-state index contributed by atoms with van der Waals surface area (Å²) in [6, 6.07) is 18.0. The summed E-state index contributed by atoms with van der Waals surface area (Å²) in [6.45, 7) is 4.20. The largest absolute Gasteiger partial charge is 0.481 e. The fourth-order valence-corrected chi connectivity index (χ4v) is 3.93. The predicted octanol–water partition coefficient (Wildman–Crippen LogP) is 3.59. The van der Waals surface area contributed by atoms with Crippen molar-refractivity contribution in [3.05, 3.63) is 54.6 Å². The molecule has 1 unspecified atom stereocenters. The van der Waals surface area contributed by atoms with E-state index in [-0.39, 0.29) is 17.7 Å². The summed E-state index contributed by atoms with van der Waals surface area (Å²) >= 11 is 0. The number of benzene rings is 2. The molecule has 1 saturated carbocycles. The summed E-state index contributed by atoms with van der Waals surface area (Å²) in [6.07, 6.45) is 2.65. The summed E-state index contributed by atoms with van der Waals surface area (Å²) in [5.41, 5.74) is 2.27. The molecule has 5 heteroatoms. The van der Waals surface area contributed by atoms with E-state index in [9.17, 15) is 9.59 Å². The van der Waals surface area contributed by atoms with Crippen molar-refractivity contribution in [1.29, 1.82) is 0 Å². The summed E-state index contributed by atoms with van der Waals surface area (Å²) < 4.78 is 5.89. The molecule has 2 aromatic carbocycles. The number of carbonyl (C=O) groups is 2. The quantitative estimate of drug-likeness (QED) is 0.781. The number of rotatable bonds is 5. The average Bonchev–Trinajstić information content (AvgIpc) is 2.73. The van der Waals surface area contributed by atoms with Gasteiger partial charge in [-0.1, -0.05) is 48.9 Å². The van der Waals surface area contributed by atoms with Gasteiger partial charge in [0, 0.05) is 32.1 Å². The van der Waals surface area contributed by atoms with Gasteiger partial charge in [-0.3, -0.25) is 9.59 Å². The van der Waals surface area contributed by atoms with Crippen molar-refractivity contribution in [2.45, 2.75) is 32.3 Å². The Hall–Kier alpha value is -2.82. The van der Waals surface area contributed by atoms with E-state index in [4.69, 9.17) is 4.74 Å². The first-order valence-electron chi connectivity index (χ1n) is 10.5. The zero-order chi connectivity index (χ0) is 20.2. The predicted molar refractivity (Wildman–Crippen MR) is 112 cm³/mol. The van der Waals surface area contributed by atoms with Crippen LogP contribution in [0, 0.1) is 5.92 Å². The van der Waals surface area contributed by atoms with Crippen molar-refractivity contribution in [2.75, 3.05) is 26.2 Å². The zero-order valence-corrected chi connectivity index (χ0v) is 16.9. The summed E-state index contributed by atoms with van der Waals surface area (Å²) in [7, 11) is 0. The minimum Gasteiger partial charge on any atom is -0.481 e. The normalized spacial score (nSPS) is 18.1. The number of amides is 2. The molecule has 0 N–H and O–H groups in total. The highest BCUT2D eigenvalue weighted by Crippen LogP contribution is 2.28. The second-order valence-electron chi connectivity index (χ2n) is 7.93. The molecule has 5 nitrogen and oxygen atoms in total. The van der Waals surface area contributed by atoms with Gasteiger partial charge in [-0.15, -0.1) is 0 Å². The Labute approximate surface area is 172 Å². The monoisotopic (exact) mass is 392 g/mol.